The molecule has 1 aromatic heterocycles. The molecular weight excluding hydrogens is 314 g/mol. The summed E-state index contributed by atoms with van der Waals surface area (Å²) < 4.78 is 25.6. The number of nitrogens with zero attached hydrogens (tertiary/aromatic N) is 2. The maximum absolute atomic E-state index is 12.4. The van der Waals surface area contributed by atoms with E-state index < -0.39 is 9.84 Å². The fourth-order valence-electron chi connectivity index (χ4n) is 2.97. The lowest BCUT2D eigenvalue weighted by Gasteiger charge is -2.25. The Labute approximate surface area is 138 Å². The molecule has 1 N–H and O–H groups in total. The first-order valence-electron chi connectivity index (χ1n) is 8.13. The minimum Gasteiger partial charge on any atom is -0.354 e. The van der Waals surface area contributed by atoms with Gasteiger partial charge in [-0.3, -0.25) is 0 Å². The first kappa shape index (κ1) is 17.8. The number of urea groups is 1. The number of aromatic nitrogens is 1. The number of aryl methyl sites for hydroxylation is 2. The van der Waals surface area contributed by atoms with Gasteiger partial charge in [0.2, 0.25) is 0 Å². The largest absolute Gasteiger partial charge is 0.354 e. The van der Waals surface area contributed by atoms with Crippen molar-refractivity contribution in [3.8, 4) is 0 Å². The van der Waals surface area contributed by atoms with Gasteiger partial charge in [0, 0.05) is 38.1 Å². The predicted molar refractivity (Wildman–Crippen MR) is 91.1 cm³/mol. The lowest BCUT2D eigenvalue weighted by atomic mass is 10.1. The Morgan fingerprint density at radius 3 is 2.87 bits per heavy atom. The number of carbonyl (C=O) groups excluding carboxylic acids is 1. The van der Waals surface area contributed by atoms with Crippen molar-refractivity contribution in [2.75, 3.05) is 24.6 Å². The van der Waals surface area contributed by atoms with Crippen molar-refractivity contribution >= 4 is 15.9 Å². The van der Waals surface area contributed by atoms with Crippen LogP contribution in [-0.4, -0.2) is 54.6 Å². The maximum Gasteiger partial charge on any atom is 0.317 e. The molecule has 2 amide bonds. The second-order valence-electron chi connectivity index (χ2n) is 6.67. The van der Waals surface area contributed by atoms with Crippen LogP contribution in [0.3, 0.4) is 0 Å². The number of carbonyl (C=O) groups is 1. The first-order valence-corrected chi connectivity index (χ1v) is 9.95. The van der Waals surface area contributed by atoms with E-state index in [1.165, 1.54) is 5.69 Å². The van der Waals surface area contributed by atoms with Crippen molar-refractivity contribution in [2.45, 2.75) is 32.7 Å². The van der Waals surface area contributed by atoms with Gasteiger partial charge in [-0.05, 0) is 37.8 Å². The standard InChI is InChI=1S/C16H27N3O3S/c1-13-11-19(9-10-23(21,22)12-13)16(20)17-14(2)6-7-15-5-4-8-18(15)3/h4-5,8,13-14H,6-7,9-12H2,1-3H3,(H,17,20)/t13-,14+/m0/s1. The Bertz CT molecular complexity index is 639. The number of rotatable bonds is 4. The van der Waals surface area contributed by atoms with Gasteiger partial charge in [0.25, 0.3) is 0 Å². The highest BCUT2D eigenvalue weighted by atomic mass is 32.2. The van der Waals surface area contributed by atoms with Gasteiger partial charge in [-0.2, -0.15) is 0 Å². The van der Waals surface area contributed by atoms with Crippen LogP contribution in [0.25, 0.3) is 0 Å². The Balaban J connectivity index is 1.84. The second-order valence-corrected chi connectivity index (χ2v) is 8.89. The Kier molecular flexibility index (Phi) is 5.73. The van der Waals surface area contributed by atoms with Gasteiger partial charge in [0.15, 0.2) is 9.84 Å². The monoisotopic (exact) mass is 341 g/mol. The van der Waals surface area contributed by atoms with Crippen molar-refractivity contribution in [2.24, 2.45) is 13.0 Å². The lowest BCUT2D eigenvalue weighted by Crippen LogP contribution is -2.46. The molecule has 0 unspecified atom stereocenters. The van der Waals surface area contributed by atoms with Gasteiger partial charge in [-0.15, -0.1) is 0 Å². The van der Waals surface area contributed by atoms with Crippen LogP contribution >= 0.6 is 0 Å². The highest BCUT2D eigenvalue weighted by Gasteiger charge is 2.27. The van der Waals surface area contributed by atoms with Crippen molar-refractivity contribution in [1.82, 2.24) is 14.8 Å². The van der Waals surface area contributed by atoms with Crippen LogP contribution in [0, 0.1) is 5.92 Å². The van der Waals surface area contributed by atoms with Gasteiger partial charge in [-0.25, -0.2) is 13.2 Å². The summed E-state index contributed by atoms with van der Waals surface area (Å²) in [7, 11) is -1.02. The number of hydrogen-bond acceptors (Lipinski definition) is 3. The molecule has 2 rings (SSSR count). The molecule has 2 atom stereocenters. The summed E-state index contributed by atoms with van der Waals surface area (Å²) in [5.41, 5.74) is 1.24. The molecule has 23 heavy (non-hydrogen) atoms. The average molecular weight is 341 g/mol. The van der Waals surface area contributed by atoms with Gasteiger partial charge in [0.05, 0.1) is 11.5 Å². The number of sulfone groups is 1. The molecule has 2 heterocycles. The minimum atomic E-state index is -3.03. The van der Waals surface area contributed by atoms with Crippen LogP contribution < -0.4 is 5.32 Å². The molecule has 0 bridgehead atoms. The van der Waals surface area contributed by atoms with Gasteiger partial charge in [-0.1, -0.05) is 6.92 Å². The average Bonchev–Trinajstić information content (AvgIpc) is 2.79. The van der Waals surface area contributed by atoms with E-state index >= 15 is 0 Å². The molecule has 0 aliphatic carbocycles. The molecule has 1 aliphatic heterocycles. The van der Waals surface area contributed by atoms with E-state index in [4.69, 9.17) is 0 Å². The number of amides is 2. The molecule has 130 valence electrons. The van der Waals surface area contributed by atoms with E-state index in [9.17, 15) is 13.2 Å². The van der Waals surface area contributed by atoms with E-state index in [-0.39, 0.29) is 36.0 Å². The molecular formula is C16H27N3O3S. The van der Waals surface area contributed by atoms with Crippen LogP contribution in [-0.2, 0) is 23.3 Å². The Morgan fingerprint density at radius 1 is 1.48 bits per heavy atom. The quantitative estimate of drug-likeness (QED) is 0.900. The summed E-state index contributed by atoms with van der Waals surface area (Å²) in [4.78, 5) is 14.0. The molecule has 0 aromatic carbocycles. The van der Waals surface area contributed by atoms with Crippen molar-refractivity contribution < 1.29 is 13.2 Å². The molecule has 0 radical (unpaired) electrons. The number of hydrogen-bond donors (Lipinski definition) is 1. The molecule has 1 fully saturated rings. The summed E-state index contributed by atoms with van der Waals surface area (Å²) in [6.45, 7) is 4.64. The predicted octanol–water partition coefficient (Wildman–Crippen LogP) is 1.42. The van der Waals surface area contributed by atoms with Crippen LogP contribution in [0.4, 0.5) is 4.79 Å². The zero-order valence-corrected chi connectivity index (χ0v) is 15.0. The lowest BCUT2D eigenvalue weighted by molar-refractivity contribution is 0.192. The van der Waals surface area contributed by atoms with Crippen LogP contribution in [0.5, 0.6) is 0 Å². The third-order valence-electron chi connectivity index (χ3n) is 4.28. The normalized spacial score (nSPS) is 22.4. The summed E-state index contributed by atoms with van der Waals surface area (Å²) in [5, 5.41) is 2.99. The molecule has 0 saturated carbocycles. The zero-order chi connectivity index (χ0) is 17.0. The van der Waals surface area contributed by atoms with Gasteiger partial charge < -0.3 is 14.8 Å². The van der Waals surface area contributed by atoms with E-state index in [0.29, 0.717) is 6.54 Å². The summed E-state index contributed by atoms with van der Waals surface area (Å²) >= 11 is 0. The summed E-state index contributed by atoms with van der Waals surface area (Å²) in [6, 6.07) is 3.98. The van der Waals surface area contributed by atoms with E-state index in [1.54, 1.807) is 4.90 Å². The summed E-state index contributed by atoms with van der Waals surface area (Å²) in [5.74, 6) is 0.203. The molecule has 1 aliphatic rings. The Morgan fingerprint density at radius 2 is 2.22 bits per heavy atom. The van der Waals surface area contributed by atoms with Crippen LogP contribution in [0.2, 0.25) is 0 Å². The first-order chi connectivity index (χ1) is 10.8. The van der Waals surface area contributed by atoms with E-state index in [2.05, 4.69) is 16.0 Å². The zero-order valence-electron chi connectivity index (χ0n) is 14.2. The number of nitrogens with one attached hydrogen (secondary N) is 1. The van der Waals surface area contributed by atoms with Crippen LogP contribution in [0.1, 0.15) is 26.0 Å². The fraction of sp³-hybridized carbons (Fsp3) is 0.688. The molecule has 1 aromatic rings. The third kappa shape index (κ3) is 5.27. The molecule has 7 heteroatoms. The smallest absolute Gasteiger partial charge is 0.317 e. The minimum absolute atomic E-state index is 0.0214. The van der Waals surface area contributed by atoms with E-state index in [1.807, 2.05) is 33.2 Å². The third-order valence-corrected chi connectivity index (χ3v) is 6.17. The Hall–Kier alpha value is -1.50. The van der Waals surface area contributed by atoms with Crippen molar-refractivity contribution in [3.63, 3.8) is 0 Å². The molecule has 0 spiro atoms. The van der Waals surface area contributed by atoms with Crippen molar-refractivity contribution in [3.05, 3.63) is 24.0 Å². The van der Waals surface area contributed by atoms with Crippen molar-refractivity contribution in [1.29, 1.82) is 0 Å². The maximum atomic E-state index is 12.4. The molecule has 1 saturated heterocycles. The SMILES string of the molecule is C[C@H]1CN(C(=O)N[C@H](C)CCc2cccn2C)CCS(=O)(=O)C1. The topological polar surface area (TPSA) is 71.4 Å². The molecule has 6 nitrogen and oxygen atoms in total. The van der Waals surface area contributed by atoms with Gasteiger partial charge >= 0.3 is 6.03 Å². The van der Waals surface area contributed by atoms with Crippen LogP contribution in [0.15, 0.2) is 18.3 Å². The fourth-order valence-corrected chi connectivity index (χ4v) is 4.60. The highest BCUT2D eigenvalue weighted by Crippen LogP contribution is 2.12. The summed E-state index contributed by atoms with van der Waals surface area (Å²) in [6.07, 6.45) is 3.76. The van der Waals surface area contributed by atoms with Gasteiger partial charge in [0.1, 0.15) is 0 Å². The van der Waals surface area contributed by atoms with E-state index in [0.717, 1.165) is 12.8 Å². The second kappa shape index (κ2) is 7.38. The highest BCUT2D eigenvalue weighted by molar-refractivity contribution is 7.91.